The number of sulfonamides is 1. The molecule has 0 aromatic heterocycles. The number of para-hydroxylation sites is 1. The van der Waals surface area contributed by atoms with Crippen LogP contribution in [0.4, 0.5) is 11.4 Å². The van der Waals surface area contributed by atoms with Gasteiger partial charge in [-0.05, 0) is 17.7 Å². The highest BCUT2D eigenvalue weighted by Crippen LogP contribution is 2.30. The number of nitro benzene ring substituents is 1. The number of fused-ring (bicyclic) bond motifs is 1. The summed E-state index contributed by atoms with van der Waals surface area (Å²) in [5, 5.41) is 13.9. The fourth-order valence-corrected chi connectivity index (χ4v) is 4.21. The van der Waals surface area contributed by atoms with Gasteiger partial charge in [0.05, 0.1) is 10.6 Å². The minimum atomic E-state index is -3.70. The van der Waals surface area contributed by atoms with Crippen molar-refractivity contribution in [2.24, 2.45) is 4.40 Å². The normalized spacial score (nSPS) is 15.2. The fourth-order valence-electron chi connectivity index (χ4n) is 2.02. The van der Waals surface area contributed by atoms with Crippen molar-refractivity contribution >= 4 is 38.3 Å². The van der Waals surface area contributed by atoms with Crippen molar-refractivity contribution in [1.82, 2.24) is 0 Å². The zero-order valence-electron chi connectivity index (χ0n) is 11.7. The predicted molar refractivity (Wildman–Crippen MR) is 89.1 cm³/mol. The molecule has 1 heterocycles. The van der Waals surface area contributed by atoms with E-state index in [9.17, 15) is 18.5 Å². The van der Waals surface area contributed by atoms with E-state index < -0.39 is 14.9 Å². The third-order valence-electron chi connectivity index (χ3n) is 3.13. The summed E-state index contributed by atoms with van der Waals surface area (Å²) in [5.74, 6) is 0.446. The second-order valence-electron chi connectivity index (χ2n) is 4.70. The van der Waals surface area contributed by atoms with Crippen LogP contribution in [0.1, 0.15) is 5.56 Å². The van der Waals surface area contributed by atoms with Crippen LogP contribution < -0.4 is 5.32 Å². The van der Waals surface area contributed by atoms with Crippen LogP contribution in [0.25, 0.3) is 0 Å². The zero-order chi connectivity index (χ0) is 16.4. The average molecular weight is 349 g/mol. The Balaban J connectivity index is 1.74. The van der Waals surface area contributed by atoms with Gasteiger partial charge in [0.1, 0.15) is 4.90 Å². The summed E-state index contributed by atoms with van der Waals surface area (Å²) >= 11 is 1.22. The molecular weight excluding hydrogens is 338 g/mol. The Hall–Kier alpha value is -2.39. The van der Waals surface area contributed by atoms with Gasteiger partial charge < -0.3 is 5.32 Å². The van der Waals surface area contributed by atoms with Crippen LogP contribution in [0.3, 0.4) is 0 Å². The van der Waals surface area contributed by atoms with Crippen LogP contribution in [-0.2, 0) is 15.8 Å². The largest absolute Gasteiger partial charge is 0.333 e. The van der Waals surface area contributed by atoms with Crippen molar-refractivity contribution in [3.05, 3.63) is 64.2 Å². The van der Waals surface area contributed by atoms with Gasteiger partial charge in [-0.1, -0.05) is 36.0 Å². The van der Waals surface area contributed by atoms with Crippen molar-refractivity contribution in [3.63, 3.8) is 0 Å². The van der Waals surface area contributed by atoms with Crippen LogP contribution in [0.5, 0.6) is 0 Å². The van der Waals surface area contributed by atoms with Gasteiger partial charge in [0, 0.05) is 17.9 Å². The number of rotatable bonds is 3. The van der Waals surface area contributed by atoms with Gasteiger partial charge in [-0.25, -0.2) is 0 Å². The SMILES string of the molecule is O=[N+]([O-])c1ccc(CSC2=NS(=O)(=O)c3ccccc3N2)cc1. The molecule has 0 spiro atoms. The minimum absolute atomic E-state index is 0.0170. The Kier molecular flexibility index (Phi) is 4.05. The number of hydrogen-bond donors (Lipinski definition) is 1. The molecule has 0 unspecified atom stereocenters. The molecule has 0 atom stereocenters. The van der Waals surface area contributed by atoms with E-state index in [1.807, 2.05) is 0 Å². The first-order valence-corrected chi connectivity index (χ1v) is 8.95. The second kappa shape index (κ2) is 6.01. The topological polar surface area (TPSA) is 102 Å². The van der Waals surface area contributed by atoms with Crippen molar-refractivity contribution in [1.29, 1.82) is 0 Å². The first-order valence-electron chi connectivity index (χ1n) is 6.53. The Bertz CT molecular complexity index is 892. The first-order chi connectivity index (χ1) is 11.0. The fraction of sp³-hybridized carbons (Fsp3) is 0.0714. The lowest BCUT2D eigenvalue weighted by atomic mass is 10.2. The maximum atomic E-state index is 12.1. The molecule has 0 amide bonds. The molecule has 3 rings (SSSR count). The molecule has 2 aromatic carbocycles. The summed E-state index contributed by atoms with van der Waals surface area (Å²) in [7, 11) is -3.70. The number of nitro groups is 1. The number of amidine groups is 1. The highest BCUT2D eigenvalue weighted by molar-refractivity contribution is 8.14. The molecule has 0 bridgehead atoms. The number of hydrogen-bond acceptors (Lipinski definition) is 6. The molecule has 7 nitrogen and oxygen atoms in total. The molecule has 1 aliphatic rings. The molecule has 0 aliphatic carbocycles. The van der Waals surface area contributed by atoms with E-state index in [1.54, 1.807) is 30.3 Å². The quantitative estimate of drug-likeness (QED) is 0.675. The zero-order valence-corrected chi connectivity index (χ0v) is 13.3. The van der Waals surface area contributed by atoms with Gasteiger partial charge in [0.25, 0.3) is 15.7 Å². The van der Waals surface area contributed by atoms with Gasteiger partial charge in [-0.2, -0.15) is 8.42 Å². The Morgan fingerprint density at radius 3 is 2.52 bits per heavy atom. The van der Waals surface area contributed by atoms with Gasteiger partial charge in [0.15, 0.2) is 5.17 Å². The lowest BCUT2D eigenvalue weighted by Crippen LogP contribution is -2.18. The smallest absolute Gasteiger partial charge is 0.286 e. The van der Waals surface area contributed by atoms with E-state index in [0.29, 0.717) is 11.4 Å². The Labute approximate surface area is 136 Å². The van der Waals surface area contributed by atoms with E-state index in [4.69, 9.17) is 0 Å². The van der Waals surface area contributed by atoms with Crippen molar-refractivity contribution in [3.8, 4) is 0 Å². The maximum Gasteiger partial charge on any atom is 0.286 e. The van der Waals surface area contributed by atoms with Crippen LogP contribution in [0, 0.1) is 10.1 Å². The summed E-state index contributed by atoms with van der Waals surface area (Å²) in [5.41, 5.74) is 1.35. The van der Waals surface area contributed by atoms with Crippen LogP contribution in [0.15, 0.2) is 57.8 Å². The van der Waals surface area contributed by atoms with Crippen LogP contribution >= 0.6 is 11.8 Å². The molecule has 118 valence electrons. The van der Waals surface area contributed by atoms with Gasteiger partial charge in [-0.3, -0.25) is 10.1 Å². The van der Waals surface area contributed by atoms with Gasteiger partial charge >= 0.3 is 0 Å². The van der Waals surface area contributed by atoms with Crippen molar-refractivity contribution < 1.29 is 13.3 Å². The van der Waals surface area contributed by atoms with E-state index in [2.05, 4.69) is 9.71 Å². The average Bonchev–Trinajstić information content (AvgIpc) is 2.53. The summed E-state index contributed by atoms with van der Waals surface area (Å²) < 4.78 is 27.9. The molecule has 1 N–H and O–H groups in total. The van der Waals surface area contributed by atoms with E-state index in [1.165, 1.54) is 30.0 Å². The third kappa shape index (κ3) is 3.35. The first kappa shape index (κ1) is 15.5. The third-order valence-corrected chi connectivity index (χ3v) is 5.53. The highest BCUT2D eigenvalue weighted by Gasteiger charge is 2.24. The van der Waals surface area contributed by atoms with E-state index in [-0.39, 0.29) is 15.8 Å². The number of thioether (sulfide) groups is 1. The molecule has 0 fully saturated rings. The highest BCUT2D eigenvalue weighted by atomic mass is 32.2. The number of nitrogens with zero attached hydrogens (tertiary/aromatic N) is 2. The molecule has 9 heteroatoms. The molecule has 0 saturated carbocycles. The summed E-state index contributed by atoms with van der Waals surface area (Å²) in [4.78, 5) is 10.3. The van der Waals surface area contributed by atoms with Crippen LogP contribution in [0.2, 0.25) is 0 Å². The minimum Gasteiger partial charge on any atom is -0.333 e. The summed E-state index contributed by atoms with van der Waals surface area (Å²) in [6, 6.07) is 12.7. The summed E-state index contributed by atoms with van der Waals surface area (Å²) in [6.45, 7) is 0. The van der Waals surface area contributed by atoms with Gasteiger partial charge in [0.2, 0.25) is 0 Å². The van der Waals surface area contributed by atoms with E-state index in [0.717, 1.165) is 5.56 Å². The number of benzene rings is 2. The molecule has 0 saturated heterocycles. The van der Waals surface area contributed by atoms with Gasteiger partial charge in [-0.15, -0.1) is 4.40 Å². The lowest BCUT2D eigenvalue weighted by Gasteiger charge is -2.17. The molecule has 1 aliphatic heterocycles. The number of anilines is 1. The molecule has 2 aromatic rings. The van der Waals surface area contributed by atoms with E-state index >= 15 is 0 Å². The molecular formula is C14H11N3O4S2. The monoisotopic (exact) mass is 349 g/mol. The van der Waals surface area contributed by atoms with Crippen molar-refractivity contribution in [2.45, 2.75) is 10.6 Å². The molecule has 23 heavy (non-hydrogen) atoms. The number of nitrogens with one attached hydrogen (secondary N) is 1. The maximum absolute atomic E-state index is 12.1. The Morgan fingerprint density at radius 1 is 1.13 bits per heavy atom. The predicted octanol–water partition coefficient (Wildman–Crippen LogP) is 3.00. The number of non-ortho nitro benzene ring substituents is 1. The summed E-state index contributed by atoms with van der Waals surface area (Å²) in [6.07, 6.45) is 0. The van der Waals surface area contributed by atoms with Crippen molar-refractivity contribution in [2.75, 3.05) is 5.32 Å². The molecule has 0 radical (unpaired) electrons. The second-order valence-corrected chi connectivity index (χ2v) is 7.24. The lowest BCUT2D eigenvalue weighted by molar-refractivity contribution is -0.384. The van der Waals surface area contributed by atoms with Crippen LogP contribution in [-0.4, -0.2) is 18.5 Å². The standard InChI is InChI=1S/C14H11N3O4S2/c18-17(19)11-7-5-10(6-8-11)9-22-14-15-12-3-1-2-4-13(12)23(20,21)16-14/h1-8H,9H2,(H,15,16). The Morgan fingerprint density at radius 2 is 1.83 bits per heavy atom.